The summed E-state index contributed by atoms with van der Waals surface area (Å²) in [6.45, 7) is 9.50. The number of esters is 1. The molecule has 1 heterocycles. The maximum atomic E-state index is 13.5. The predicted octanol–water partition coefficient (Wildman–Crippen LogP) is 0.501. The third kappa shape index (κ3) is 15.8. The first-order chi connectivity index (χ1) is 21.5. The minimum absolute atomic E-state index is 0.109. The smallest absolute Gasteiger partial charge is 0.329 e. The van der Waals surface area contributed by atoms with Crippen molar-refractivity contribution in [2.45, 2.75) is 116 Å². The van der Waals surface area contributed by atoms with Gasteiger partial charge in [-0.15, -0.1) is 0 Å². The van der Waals surface area contributed by atoms with E-state index in [4.69, 9.17) is 16.2 Å². The van der Waals surface area contributed by atoms with E-state index in [1.807, 2.05) is 0 Å². The van der Waals surface area contributed by atoms with Crippen LogP contribution in [-0.2, 0) is 33.5 Å². The average molecular weight is 652 g/mol. The zero-order valence-corrected chi connectivity index (χ0v) is 27.8. The summed E-state index contributed by atoms with van der Waals surface area (Å²) in [6.07, 6.45) is 6.07. The van der Waals surface area contributed by atoms with Crippen molar-refractivity contribution < 1.29 is 38.3 Å². The number of hydrogen-bond donors (Lipinski definition) is 6. The summed E-state index contributed by atoms with van der Waals surface area (Å²) in [5, 5.41) is 10.6. The van der Waals surface area contributed by atoms with Crippen LogP contribution in [0.2, 0.25) is 0 Å². The molecule has 1 aliphatic rings. The maximum Gasteiger partial charge on any atom is 0.329 e. The summed E-state index contributed by atoms with van der Waals surface area (Å²) in [4.78, 5) is 88.1. The van der Waals surface area contributed by atoms with Crippen molar-refractivity contribution in [1.29, 1.82) is 0 Å². The molecule has 8 N–H and O–H groups in total. The highest BCUT2D eigenvalue weighted by atomic mass is 16.6. The Morgan fingerprint density at radius 2 is 1.43 bits per heavy atom. The van der Waals surface area contributed by atoms with E-state index < -0.39 is 47.5 Å². The van der Waals surface area contributed by atoms with E-state index in [-0.39, 0.29) is 62.4 Å². The number of imide groups is 1. The highest BCUT2D eigenvalue weighted by molar-refractivity contribution is 6.12. The quantitative estimate of drug-likeness (QED) is 0.0575. The zero-order chi connectivity index (χ0) is 34.9. The number of urea groups is 1. The number of nitrogens with one attached hydrogen (secondary N) is 4. The molecule has 0 unspecified atom stereocenters. The molecule has 0 spiro atoms. The van der Waals surface area contributed by atoms with Crippen molar-refractivity contribution in [3.63, 3.8) is 0 Å². The molecule has 0 aromatic heterocycles. The van der Waals surface area contributed by atoms with E-state index in [1.165, 1.54) is 12.2 Å². The van der Waals surface area contributed by atoms with Crippen LogP contribution in [0.4, 0.5) is 4.79 Å². The van der Waals surface area contributed by atoms with Crippen LogP contribution >= 0.6 is 0 Å². The van der Waals surface area contributed by atoms with Gasteiger partial charge in [0.15, 0.2) is 0 Å². The van der Waals surface area contributed by atoms with Crippen molar-refractivity contribution in [3.8, 4) is 0 Å². The molecular weight excluding hydrogens is 598 g/mol. The van der Waals surface area contributed by atoms with Crippen LogP contribution in [0.1, 0.15) is 92.4 Å². The van der Waals surface area contributed by atoms with E-state index >= 15 is 0 Å². The van der Waals surface area contributed by atoms with Crippen molar-refractivity contribution in [2.24, 2.45) is 17.4 Å². The van der Waals surface area contributed by atoms with Gasteiger partial charge in [0.1, 0.15) is 23.7 Å². The van der Waals surface area contributed by atoms with Crippen LogP contribution in [0, 0.1) is 5.92 Å². The Kier molecular flexibility index (Phi) is 17.6. The summed E-state index contributed by atoms with van der Waals surface area (Å²) < 4.78 is 5.50. The molecule has 0 saturated carbocycles. The lowest BCUT2D eigenvalue weighted by Gasteiger charge is -2.28. The molecule has 0 radical (unpaired) electrons. The molecule has 1 aliphatic heterocycles. The van der Waals surface area contributed by atoms with E-state index in [1.54, 1.807) is 34.6 Å². The number of amides is 7. The van der Waals surface area contributed by atoms with Gasteiger partial charge in [0, 0.05) is 31.7 Å². The Bertz CT molecular complexity index is 1080. The Hall–Kier alpha value is -4.01. The van der Waals surface area contributed by atoms with Gasteiger partial charge >= 0.3 is 12.0 Å². The van der Waals surface area contributed by atoms with E-state index in [0.717, 1.165) is 4.90 Å². The minimum Gasteiger partial charge on any atom is -0.458 e. The summed E-state index contributed by atoms with van der Waals surface area (Å²) in [5.41, 5.74) is 9.95. The van der Waals surface area contributed by atoms with E-state index in [2.05, 4.69) is 21.3 Å². The van der Waals surface area contributed by atoms with Crippen LogP contribution in [0.25, 0.3) is 0 Å². The lowest BCUT2D eigenvalue weighted by molar-refractivity contribution is -0.159. The van der Waals surface area contributed by atoms with Crippen molar-refractivity contribution in [1.82, 2.24) is 26.2 Å². The highest BCUT2D eigenvalue weighted by Gasteiger charge is 2.32. The predicted molar refractivity (Wildman–Crippen MR) is 171 cm³/mol. The van der Waals surface area contributed by atoms with Crippen LogP contribution in [0.15, 0.2) is 12.2 Å². The standard InChI is InChI=1S/C31H53N7O8/c1-20(2)26(37-23(39)14-7-6-10-19-38-24(40)15-16-25(38)41)28(43)35-21(13-11-18-34-30(33)45)27(42)36-22(12-8-9-17-32)29(44)46-31(3,4)5/h15-16,20-22,26H,6-14,17-19,32H2,1-5H3,(H,35,43)(H,36,42)(H,37,39)(H3,33,34,45)/t21-,22-,26-/m0/s1. The molecule has 260 valence electrons. The van der Waals surface area contributed by atoms with Gasteiger partial charge in [0.2, 0.25) is 17.7 Å². The van der Waals surface area contributed by atoms with Gasteiger partial charge in [-0.2, -0.15) is 0 Å². The zero-order valence-electron chi connectivity index (χ0n) is 27.8. The molecular formula is C31H53N7O8. The van der Waals surface area contributed by atoms with Crippen molar-refractivity contribution in [2.75, 3.05) is 19.6 Å². The number of nitrogens with two attached hydrogens (primary N) is 2. The SMILES string of the molecule is CC(C)[C@H](NC(=O)CCCCCN1C(=O)C=CC1=O)C(=O)N[C@@H](CCCNC(N)=O)C(=O)N[C@@H](CCCCN)C(=O)OC(C)(C)C. The van der Waals surface area contributed by atoms with Gasteiger partial charge in [-0.05, 0) is 78.2 Å². The highest BCUT2D eigenvalue weighted by Crippen LogP contribution is 2.13. The van der Waals surface area contributed by atoms with Gasteiger partial charge in [0.25, 0.3) is 11.8 Å². The number of carbonyl (C=O) groups excluding carboxylic acids is 7. The molecule has 0 aromatic carbocycles. The fourth-order valence-corrected chi connectivity index (χ4v) is 4.60. The molecule has 1 rings (SSSR count). The average Bonchev–Trinajstić information content (AvgIpc) is 3.27. The number of nitrogens with zero attached hydrogens (tertiary/aromatic N) is 1. The number of rotatable bonds is 21. The second-order valence-corrected chi connectivity index (χ2v) is 12.6. The van der Waals surface area contributed by atoms with Crippen LogP contribution < -0.4 is 32.7 Å². The number of primary amides is 1. The van der Waals surface area contributed by atoms with Gasteiger partial charge in [-0.1, -0.05) is 20.3 Å². The molecule has 3 atom stereocenters. The third-order valence-corrected chi connectivity index (χ3v) is 7.01. The van der Waals surface area contributed by atoms with Crippen LogP contribution in [0.5, 0.6) is 0 Å². The second-order valence-electron chi connectivity index (χ2n) is 12.6. The topological polar surface area (TPSA) is 232 Å². The lowest BCUT2D eigenvalue weighted by Crippen LogP contribution is -2.57. The fraction of sp³-hybridized carbons (Fsp3) is 0.710. The van der Waals surface area contributed by atoms with Crippen LogP contribution in [-0.4, -0.2) is 89.8 Å². The van der Waals surface area contributed by atoms with Gasteiger partial charge in [-0.3, -0.25) is 28.9 Å². The summed E-state index contributed by atoms with van der Waals surface area (Å²) in [7, 11) is 0. The van der Waals surface area contributed by atoms with Crippen LogP contribution in [0.3, 0.4) is 0 Å². The molecule has 15 nitrogen and oxygen atoms in total. The Labute approximate surface area is 271 Å². The second kappa shape index (κ2) is 20.2. The number of ether oxygens (including phenoxy) is 1. The van der Waals surface area contributed by atoms with E-state index in [0.29, 0.717) is 38.6 Å². The Morgan fingerprint density at radius 1 is 0.826 bits per heavy atom. The molecule has 0 aliphatic carbocycles. The molecule has 0 fully saturated rings. The molecule has 0 aromatic rings. The number of hydrogen-bond acceptors (Lipinski definition) is 9. The number of unbranched alkanes of at least 4 members (excludes halogenated alkanes) is 3. The van der Waals surface area contributed by atoms with Crippen molar-refractivity contribution in [3.05, 3.63) is 12.2 Å². The number of carbonyl (C=O) groups is 7. The monoisotopic (exact) mass is 651 g/mol. The normalized spacial score (nSPS) is 14.9. The molecule has 46 heavy (non-hydrogen) atoms. The first kappa shape index (κ1) is 40.0. The van der Waals surface area contributed by atoms with Gasteiger partial charge < -0.3 is 37.5 Å². The fourth-order valence-electron chi connectivity index (χ4n) is 4.60. The minimum atomic E-state index is -1.09. The summed E-state index contributed by atoms with van der Waals surface area (Å²) >= 11 is 0. The largest absolute Gasteiger partial charge is 0.458 e. The maximum absolute atomic E-state index is 13.5. The van der Waals surface area contributed by atoms with E-state index in [9.17, 15) is 33.6 Å². The molecule has 0 saturated heterocycles. The van der Waals surface area contributed by atoms with Gasteiger partial charge in [0.05, 0.1) is 0 Å². The third-order valence-electron chi connectivity index (χ3n) is 7.01. The first-order valence-electron chi connectivity index (χ1n) is 16.0. The summed E-state index contributed by atoms with van der Waals surface area (Å²) in [5.74, 6) is -3.19. The van der Waals surface area contributed by atoms with Gasteiger partial charge in [-0.25, -0.2) is 9.59 Å². The summed E-state index contributed by atoms with van der Waals surface area (Å²) in [6, 6.07) is -3.75. The van der Waals surface area contributed by atoms with Crippen molar-refractivity contribution >= 4 is 41.5 Å². The Morgan fingerprint density at radius 3 is 2.00 bits per heavy atom. The molecule has 0 bridgehead atoms. The lowest BCUT2D eigenvalue weighted by atomic mass is 10.0. The Balaban J connectivity index is 2.87. The molecule has 15 heteroatoms. The first-order valence-corrected chi connectivity index (χ1v) is 16.0. The molecule has 7 amide bonds.